The molecule has 1 amide bonds. The molecule has 1 aromatic rings. The SMILES string of the molecule is CN(C(=O)c1ccc(Br)o1)C(C)(C)CCl. The zero-order valence-corrected chi connectivity index (χ0v) is 11.2. The Bertz CT molecular complexity index is 362. The van der Waals surface area contributed by atoms with Gasteiger partial charge in [-0.25, -0.2) is 0 Å². The Balaban J connectivity index is 2.86. The summed E-state index contributed by atoms with van der Waals surface area (Å²) in [6, 6.07) is 3.32. The van der Waals surface area contributed by atoms with Crippen LogP contribution >= 0.6 is 27.5 Å². The van der Waals surface area contributed by atoms with Crippen LogP contribution in [-0.4, -0.2) is 29.3 Å². The van der Waals surface area contributed by atoms with Crippen LogP contribution in [0.4, 0.5) is 0 Å². The molecule has 84 valence electrons. The first kappa shape index (κ1) is 12.6. The molecule has 1 heterocycles. The number of amides is 1. The number of rotatable bonds is 3. The molecule has 0 unspecified atom stereocenters. The fourth-order valence-corrected chi connectivity index (χ4v) is 1.44. The molecule has 5 heteroatoms. The van der Waals surface area contributed by atoms with Crippen molar-refractivity contribution in [3.63, 3.8) is 0 Å². The van der Waals surface area contributed by atoms with Gasteiger partial charge in [0.05, 0.1) is 5.54 Å². The first-order valence-electron chi connectivity index (χ1n) is 4.48. The lowest BCUT2D eigenvalue weighted by atomic mass is 10.1. The molecular formula is C10H13BrClNO2. The van der Waals surface area contributed by atoms with Crippen molar-refractivity contribution in [1.82, 2.24) is 4.90 Å². The molecule has 0 aliphatic carbocycles. The van der Waals surface area contributed by atoms with E-state index in [4.69, 9.17) is 16.0 Å². The van der Waals surface area contributed by atoms with Crippen LogP contribution in [0.5, 0.6) is 0 Å². The van der Waals surface area contributed by atoms with Crippen LogP contribution in [0.3, 0.4) is 0 Å². The molecule has 0 aliphatic heterocycles. The van der Waals surface area contributed by atoms with E-state index in [1.54, 1.807) is 24.1 Å². The molecule has 1 aromatic heterocycles. The molecule has 0 saturated carbocycles. The molecule has 0 saturated heterocycles. The van der Waals surface area contributed by atoms with Gasteiger partial charge in [-0.3, -0.25) is 4.79 Å². The van der Waals surface area contributed by atoms with Crippen molar-refractivity contribution in [2.45, 2.75) is 19.4 Å². The van der Waals surface area contributed by atoms with Crippen molar-refractivity contribution in [3.05, 3.63) is 22.6 Å². The Morgan fingerprint density at radius 1 is 1.60 bits per heavy atom. The third kappa shape index (κ3) is 2.75. The fraction of sp³-hybridized carbons (Fsp3) is 0.500. The van der Waals surface area contributed by atoms with Gasteiger partial charge in [0.25, 0.3) is 5.91 Å². The summed E-state index contributed by atoms with van der Waals surface area (Å²) in [5.41, 5.74) is -0.391. The molecule has 3 nitrogen and oxygen atoms in total. The number of alkyl halides is 1. The largest absolute Gasteiger partial charge is 0.444 e. The van der Waals surface area contributed by atoms with Gasteiger partial charge in [0.15, 0.2) is 10.4 Å². The highest BCUT2D eigenvalue weighted by molar-refractivity contribution is 9.10. The molecule has 0 spiro atoms. The van der Waals surface area contributed by atoms with Crippen molar-refractivity contribution >= 4 is 33.4 Å². The van der Waals surface area contributed by atoms with E-state index in [2.05, 4.69) is 15.9 Å². The highest BCUT2D eigenvalue weighted by Crippen LogP contribution is 2.20. The lowest BCUT2D eigenvalue weighted by Crippen LogP contribution is -2.46. The summed E-state index contributed by atoms with van der Waals surface area (Å²) in [5, 5.41) is 0. The molecule has 0 atom stereocenters. The number of hydrogen-bond acceptors (Lipinski definition) is 2. The van der Waals surface area contributed by atoms with Crippen LogP contribution in [0.2, 0.25) is 0 Å². The second-order valence-electron chi connectivity index (χ2n) is 3.91. The van der Waals surface area contributed by atoms with E-state index in [0.29, 0.717) is 16.3 Å². The predicted octanol–water partition coefficient (Wildman–Crippen LogP) is 3.13. The van der Waals surface area contributed by atoms with Gasteiger partial charge in [-0.05, 0) is 41.9 Å². The van der Waals surface area contributed by atoms with Crippen LogP contribution in [0.25, 0.3) is 0 Å². The summed E-state index contributed by atoms with van der Waals surface area (Å²) in [4.78, 5) is 13.5. The Labute approximate surface area is 103 Å². The molecule has 0 fully saturated rings. The molecule has 0 aliphatic rings. The molecule has 0 N–H and O–H groups in total. The maximum Gasteiger partial charge on any atom is 0.289 e. The number of carbonyl (C=O) groups excluding carboxylic acids is 1. The van der Waals surface area contributed by atoms with Gasteiger partial charge in [-0.1, -0.05) is 0 Å². The normalized spacial score (nSPS) is 11.5. The third-order valence-electron chi connectivity index (χ3n) is 2.32. The molecule has 0 radical (unpaired) electrons. The molecule has 0 bridgehead atoms. The van der Waals surface area contributed by atoms with Gasteiger partial charge < -0.3 is 9.32 Å². The maximum atomic E-state index is 11.9. The Morgan fingerprint density at radius 2 is 2.20 bits per heavy atom. The van der Waals surface area contributed by atoms with E-state index in [9.17, 15) is 4.79 Å². The summed E-state index contributed by atoms with van der Waals surface area (Å²) >= 11 is 8.94. The number of hydrogen-bond donors (Lipinski definition) is 0. The standard InChI is InChI=1S/C10H13BrClNO2/c1-10(2,6-12)13(3)9(14)7-4-5-8(11)15-7/h4-5H,6H2,1-3H3. The monoisotopic (exact) mass is 293 g/mol. The Kier molecular flexibility index (Phi) is 3.84. The Morgan fingerprint density at radius 3 is 2.60 bits per heavy atom. The molecule has 15 heavy (non-hydrogen) atoms. The summed E-state index contributed by atoms with van der Waals surface area (Å²) < 4.78 is 5.73. The quantitative estimate of drug-likeness (QED) is 0.803. The van der Waals surface area contributed by atoms with Gasteiger partial charge in [0, 0.05) is 12.9 Å². The molecule has 0 aromatic carbocycles. The van der Waals surface area contributed by atoms with Crippen molar-refractivity contribution in [2.75, 3.05) is 12.9 Å². The summed E-state index contributed by atoms with van der Waals surface area (Å²) in [6.45, 7) is 3.80. The highest BCUT2D eigenvalue weighted by atomic mass is 79.9. The average Bonchev–Trinajstić information content (AvgIpc) is 2.62. The van der Waals surface area contributed by atoms with E-state index in [-0.39, 0.29) is 5.91 Å². The minimum Gasteiger partial charge on any atom is -0.444 e. The second kappa shape index (κ2) is 4.58. The number of nitrogens with zero attached hydrogens (tertiary/aromatic N) is 1. The van der Waals surface area contributed by atoms with Crippen molar-refractivity contribution in [1.29, 1.82) is 0 Å². The average molecular weight is 295 g/mol. The zero-order chi connectivity index (χ0) is 11.6. The van der Waals surface area contributed by atoms with Gasteiger partial charge in [-0.2, -0.15) is 0 Å². The highest BCUT2D eigenvalue weighted by Gasteiger charge is 2.28. The van der Waals surface area contributed by atoms with E-state index in [1.807, 2.05) is 13.8 Å². The van der Waals surface area contributed by atoms with E-state index in [0.717, 1.165) is 0 Å². The van der Waals surface area contributed by atoms with Crippen LogP contribution in [0.15, 0.2) is 21.2 Å². The van der Waals surface area contributed by atoms with E-state index < -0.39 is 5.54 Å². The summed E-state index contributed by atoms with van der Waals surface area (Å²) in [7, 11) is 1.71. The van der Waals surface area contributed by atoms with Gasteiger partial charge >= 0.3 is 0 Å². The predicted molar refractivity (Wildman–Crippen MR) is 63.3 cm³/mol. The number of carbonyl (C=O) groups is 1. The first-order chi connectivity index (χ1) is 6.88. The second-order valence-corrected chi connectivity index (χ2v) is 4.96. The lowest BCUT2D eigenvalue weighted by Gasteiger charge is -2.33. The van der Waals surface area contributed by atoms with Gasteiger partial charge in [0.2, 0.25) is 0 Å². The van der Waals surface area contributed by atoms with Crippen molar-refractivity contribution < 1.29 is 9.21 Å². The van der Waals surface area contributed by atoms with Crippen LogP contribution < -0.4 is 0 Å². The van der Waals surface area contributed by atoms with Crippen LogP contribution in [0.1, 0.15) is 24.4 Å². The minimum atomic E-state index is -0.391. The number of halogens is 2. The van der Waals surface area contributed by atoms with E-state index >= 15 is 0 Å². The number of furan rings is 1. The van der Waals surface area contributed by atoms with Crippen LogP contribution in [-0.2, 0) is 0 Å². The minimum absolute atomic E-state index is 0.175. The van der Waals surface area contributed by atoms with Crippen molar-refractivity contribution in [3.8, 4) is 0 Å². The topological polar surface area (TPSA) is 33.5 Å². The smallest absolute Gasteiger partial charge is 0.289 e. The molecule has 1 rings (SSSR count). The third-order valence-corrected chi connectivity index (χ3v) is 3.40. The van der Waals surface area contributed by atoms with E-state index in [1.165, 1.54) is 0 Å². The molecular weight excluding hydrogens is 281 g/mol. The van der Waals surface area contributed by atoms with Crippen molar-refractivity contribution in [2.24, 2.45) is 0 Å². The first-order valence-corrected chi connectivity index (χ1v) is 5.80. The summed E-state index contributed by atoms with van der Waals surface area (Å²) in [6.07, 6.45) is 0. The Hall–Kier alpha value is -0.480. The van der Waals surface area contributed by atoms with Gasteiger partial charge in [-0.15, -0.1) is 11.6 Å². The zero-order valence-electron chi connectivity index (χ0n) is 8.88. The lowest BCUT2D eigenvalue weighted by molar-refractivity contribution is 0.0626. The fourth-order valence-electron chi connectivity index (χ4n) is 0.959. The maximum absolute atomic E-state index is 11.9. The summed E-state index contributed by atoms with van der Waals surface area (Å²) in [5.74, 6) is 0.505. The van der Waals surface area contributed by atoms with Gasteiger partial charge in [0.1, 0.15) is 0 Å². The van der Waals surface area contributed by atoms with Crippen LogP contribution in [0, 0.1) is 0 Å².